The van der Waals surface area contributed by atoms with Crippen molar-refractivity contribution < 1.29 is 0 Å². The number of nitrogens with one attached hydrogen (secondary N) is 2. The molecule has 5 nitrogen and oxygen atoms in total. The van der Waals surface area contributed by atoms with Gasteiger partial charge < -0.3 is 27.8 Å². The van der Waals surface area contributed by atoms with Crippen LogP contribution in [-0.4, -0.2) is 26.2 Å². The van der Waals surface area contributed by atoms with E-state index in [1.165, 1.54) is 0 Å². The zero-order valence-electron chi connectivity index (χ0n) is 15.2. The van der Waals surface area contributed by atoms with Gasteiger partial charge in [-0.25, -0.2) is 0 Å². The van der Waals surface area contributed by atoms with E-state index in [1.807, 2.05) is 36.4 Å². The van der Waals surface area contributed by atoms with Gasteiger partial charge >= 0.3 is 0 Å². The fraction of sp³-hybridized carbons (Fsp3) is 0.300. The maximum Gasteiger partial charge on any atom is 0.0440 e. The maximum absolute atomic E-state index is 6.01. The Hall–Kier alpha value is -2.07. The van der Waals surface area contributed by atoms with Crippen molar-refractivity contribution in [2.75, 3.05) is 43.0 Å². The highest BCUT2D eigenvalue weighted by Gasteiger charge is 2.11. The number of benzene rings is 2. The fourth-order valence-corrected chi connectivity index (χ4v) is 3.03. The van der Waals surface area contributed by atoms with Gasteiger partial charge in [-0.05, 0) is 73.2 Å². The first kappa shape index (κ1) is 20.2. The minimum absolute atomic E-state index is 0.723. The van der Waals surface area contributed by atoms with E-state index in [0.717, 1.165) is 78.1 Å². The average molecular weight is 371 g/mol. The van der Waals surface area contributed by atoms with Crippen molar-refractivity contribution in [1.82, 2.24) is 5.32 Å². The van der Waals surface area contributed by atoms with Crippen molar-refractivity contribution in [1.29, 1.82) is 0 Å². The first-order chi connectivity index (χ1) is 12.5. The molecule has 6 heteroatoms. The molecule has 0 amide bonds. The van der Waals surface area contributed by atoms with Crippen molar-refractivity contribution in [3.05, 3.63) is 48.5 Å². The van der Waals surface area contributed by atoms with E-state index in [-0.39, 0.29) is 0 Å². The lowest BCUT2D eigenvalue weighted by atomic mass is 9.97. The summed E-state index contributed by atoms with van der Waals surface area (Å²) in [5.74, 6) is 0. The van der Waals surface area contributed by atoms with Gasteiger partial charge in [-0.1, -0.05) is 18.7 Å². The predicted molar refractivity (Wildman–Crippen MR) is 119 cm³/mol. The van der Waals surface area contributed by atoms with Crippen LogP contribution in [0.1, 0.15) is 18.4 Å². The number of rotatable bonds is 10. The second kappa shape index (κ2) is 10.2. The maximum atomic E-state index is 6.01. The summed E-state index contributed by atoms with van der Waals surface area (Å²) in [5.41, 5.74) is 23.1. The zero-order chi connectivity index (χ0) is 18.9. The molecule has 140 valence electrons. The molecule has 2 aromatic rings. The zero-order valence-corrected chi connectivity index (χ0v) is 16.4. The lowest BCUT2D eigenvalue weighted by Gasteiger charge is -2.17. The Kier molecular flexibility index (Phi) is 7.92. The van der Waals surface area contributed by atoms with E-state index in [0.29, 0.717) is 0 Å². The molecule has 0 radical (unpaired) electrons. The summed E-state index contributed by atoms with van der Waals surface area (Å²) in [4.78, 5) is 0. The van der Waals surface area contributed by atoms with Gasteiger partial charge in [-0.15, -0.1) is 9.24 Å². The van der Waals surface area contributed by atoms with Crippen molar-refractivity contribution in [3.8, 4) is 11.1 Å². The highest BCUT2D eigenvalue weighted by molar-refractivity contribution is 7.31. The van der Waals surface area contributed by atoms with Gasteiger partial charge in [0.1, 0.15) is 0 Å². The lowest BCUT2D eigenvalue weighted by Crippen LogP contribution is -2.21. The minimum atomic E-state index is 0.723. The van der Waals surface area contributed by atoms with E-state index in [9.17, 15) is 0 Å². The second-order valence-electron chi connectivity index (χ2n) is 6.31. The minimum Gasteiger partial charge on any atom is -0.399 e. The quantitative estimate of drug-likeness (QED) is 0.251. The predicted octanol–water partition coefficient (Wildman–Crippen LogP) is 3.10. The lowest BCUT2D eigenvalue weighted by molar-refractivity contribution is 0.637. The smallest absolute Gasteiger partial charge is 0.0440 e. The molecule has 0 aliphatic heterocycles. The number of hydrogen-bond donors (Lipinski definition) is 5. The Bertz CT molecular complexity index is 745. The standard InChI is InChI=1S/C20H30N5P/c1-14(26)19-12-15(22)4-6-17(19)18-7-5-16(23)13-20(18)25-11-3-10-24-9-2-8-21/h4-7,12-13,24-25H,1-3,8-11,21-23,26H2. The summed E-state index contributed by atoms with van der Waals surface area (Å²) in [6.07, 6.45) is 2.02. The normalized spacial score (nSPS) is 10.7. The molecule has 0 spiro atoms. The van der Waals surface area contributed by atoms with Crippen LogP contribution in [0.25, 0.3) is 16.4 Å². The van der Waals surface area contributed by atoms with E-state index in [1.54, 1.807) is 0 Å². The largest absolute Gasteiger partial charge is 0.399 e. The second-order valence-corrected chi connectivity index (χ2v) is 7.00. The number of hydrogen-bond acceptors (Lipinski definition) is 5. The van der Waals surface area contributed by atoms with Crippen molar-refractivity contribution in [3.63, 3.8) is 0 Å². The van der Waals surface area contributed by atoms with Crippen LogP contribution in [0, 0.1) is 0 Å². The highest BCUT2D eigenvalue weighted by Crippen LogP contribution is 2.37. The topological polar surface area (TPSA) is 102 Å². The van der Waals surface area contributed by atoms with E-state index >= 15 is 0 Å². The summed E-state index contributed by atoms with van der Waals surface area (Å²) >= 11 is 0. The molecule has 0 aliphatic rings. The Balaban J connectivity index is 2.14. The molecule has 1 atom stereocenters. The summed E-state index contributed by atoms with van der Waals surface area (Å²) < 4.78 is 0. The molecule has 0 saturated heterocycles. The molecule has 0 saturated carbocycles. The number of nitrogen functional groups attached to an aromatic ring is 2. The van der Waals surface area contributed by atoms with Crippen LogP contribution >= 0.6 is 9.24 Å². The number of anilines is 3. The molecule has 26 heavy (non-hydrogen) atoms. The molecule has 2 rings (SSSR count). The molecule has 1 unspecified atom stereocenters. The molecular weight excluding hydrogens is 341 g/mol. The van der Waals surface area contributed by atoms with Crippen LogP contribution in [-0.2, 0) is 0 Å². The Morgan fingerprint density at radius 1 is 0.923 bits per heavy atom. The average Bonchev–Trinajstić information content (AvgIpc) is 2.61. The Morgan fingerprint density at radius 2 is 1.58 bits per heavy atom. The highest BCUT2D eigenvalue weighted by atomic mass is 31.0. The van der Waals surface area contributed by atoms with Crippen molar-refractivity contribution in [2.45, 2.75) is 12.8 Å². The Morgan fingerprint density at radius 3 is 2.27 bits per heavy atom. The Labute approximate surface area is 158 Å². The molecule has 0 bridgehead atoms. The van der Waals surface area contributed by atoms with Gasteiger partial charge in [0.15, 0.2) is 0 Å². The summed E-state index contributed by atoms with van der Waals surface area (Å²) in [6.45, 7) is 7.56. The van der Waals surface area contributed by atoms with Crippen LogP contribution in [0.15, 0.2) is 43.0 Å². The summed E-state index contributed by atoms with van der Waals surface area (Å²) in [7, 11) is 2.66. The van der Waals surface area contributed by atoms with Crippen molar-refractivity contribution >= 4 is 31.6 Å². The monoisotopic (exact) mass is 371 g/mol. The third-order valence-electron chi connectivity index (χ3n) is 4.13. The van der Waals surface area contributed by atoms with Crippen LogP contribution in [0.5, 0.6) is 0 Å². The van der Waals surface area contributed by atoms with Gasteiger partial charge in [0.25, 0.3) is 0 Å². The van der Waals surface area contributed by atoms with Crippen LogP contribution in [0.3, 0.4) is 0 Å². The van der Waals surface area contributed by atoms with Crippen molar-refractivity contribution in [2.24, 2.45) is 5.73 Å². The molecule has 0 heterocycles. The first-order valence-electron chi connectivity index (χ1n) is 8.91. The van der Waals surface area contributed by atoms with Crippen LogP contribution in [0.4, 0.5) is 17.1 Å². The summed E-state index contributed by atoms with van der Waals surface area (Å²) in [5, 5.41) is 7.80. The number of nitrogens with two attached hydrogens (primary N) is 3. The molecule has 2 aromatic carbocycles. The first-order valence-corrected chi connectivity index (χ1v) is 9.49. The van der Waals surface area contributed by atoms with Crippen LogP contribution in [0.2, 0.25) is 0 Å². The molecule has 0 aromatic heterocycles. The fourth-order valence-electron chi connectivity index (χ4n) is 2.79. The summed E-state index contributed by atoms with van der Waals surface area (Å²) in [6, 6.07) is 11.8. The van der Waals surface area contributed by atoms with E-state index < -0.39 is 0 Å². The van der Waals surface area contributed by atoms with Gasteiger partial charge in [0.2, 0.25) is 0 Å². The van der Waals surface area contributed by atoms with E-state index in [2.05, 4.69) is 26.5 Å². The van der Waals surface area contributed by atoms with Gasteiger partial charge in [0.05, 0.1) is 0 Å². The molecule has 8 N–H and O–H groups in total. The third kappa shape index (κ3) is 5.73. The molecule has 0 aliphatic carbocycles. The van der Waals surface area contributed by atoms with Gasteiger partial charge in [-0.2, -0.15) is 0 Å². The van der Waals surface area contributed by atoms with Crippen LogP contribution < -0.4 is 27.8 Å². The third-order valence-corrected chi connectivity index (χ3v) is 4.44. The SMILES string of the molecule is C=C(P)c1cc(N)ccc1-c1ccc(N)cc1NCCCNCCCN. The molecular formula is C20H30N5P. The van der Waals surface area contributed by atoms with E-state index in [4.69, 9.17) is 17.2 Å². The van der Waals surface area contributed by atoms with Gasteiger partial charge in [0, 0.05) is 29.2 Å². The van der Waals surface area contributed by atoms with Gasteiger partial charge in [-0.3, -0.25) is 0 Å². The molecule has 0 fully saturated rings.